The zero-order valence-corrected chi connectivity index (χ0v) is 23.0. The number of phenolic OH excluding ortho intramolecular Hbond substituents is 1. The average Bonchev–Trinajstić information content (AvgIpc) is 2.94. The van der Waals surface area contributed by atoms with Crippen LogP contribution in [-0.4, -0.2) is 61.5 Å². The number of halogens is 1. The highest BCUT2D eigenvalue weighted by atomic mass is 35.5. The minimum atomic E-state index is -2.58. The topological polar surface area (TPSA) is 161 Å². The second-order valence-corrected chi connectivity index (χ2v) is 12.0. The van der Waals surface area contributed by atoms with E-state index in [-0.39, 0.29) is 36.1 Å². The van der Waals surface area contributed by atoms with E-state index in [0.717, 1.165) is 25.9 Å². The van der Waals surface area contributed by atoms with E-state index >= 15 is 0 Å². The number of fused-ring (bicyclic) bond motifs is 3. The van der Waals surface area contributed by atoms with Gasteiger partial charge in [-0.15, -0.1) is 0 Å². The molecule has 214 valence electrons. The second-order valence-electron chi connectivity index (χ2n) is 11.6. The number of likely N-dealkylation sites (tertiary alicyclic amines) is 1. The maximum absolute atomic E-state index is 13.6. The van der Waals surface area contributed by atoms with Gasteiger partial charge in [-0.25, -0.2) is 0 Å². The number of benzene rings is 2. The summed E-state index contributed by atoms with van der Waals surface area (Å²) in [6.45, 7) is 2.23. The number of Topliss-reactive ketones (excluding diaryl/α,β-unsaturated/α-hetero) is 2. The largest absolute Gasteiger partial charge is 0.508 e. The van der Waals surface area contributed by atoms with Gasteiger partial charge in [-0.1, -0.05) is 41.9 Å². The number of aromatic hydroxyl groups is 1. The lowest BCUT2D eigenvalue weighted by Crippen LogP contribution is -2.58. The van der Waals surface area contributed by atoms with Crippen LogP contribution in [0, 0.1) is 11.8 Å². The van der Waals surface area contributed by atoms with Gasteiger partial charge in [-0.3, -0.25) is 19.3 Å². The molecule has 9 nitrogen and oxygen atoms in total. The molecular formula is C31H31ClN2O7. The molecule has 41 heavy (non-hydrogen) atoms. The number of aliphatic hydroxyl groups excluding tert-OH is 2. The molecule has 3 atom stereocenters. The molecule has 2 fully saturated rings. The monoisotopic (exact) mass is 578 g/mol. The van der Waals surface area contributed by atoms with Crippen molar-refractivity contribution in [1.82, 2.24) is 4.90 Å². The predicted molar refractivity (Wildman–Crippen MR) is 150 cm³/mol. The summed E-state index contributed by atoms with van der Waals surface area (Å²) >= 11 is 6.88. The Bertz CT molecular complexity index is 1540. The fourth-order valence-corrected chi connectivity index (χ4v) is 7.52. The van der Waals surface area contributed by atoms with Crippen LogP contribution in [0.5, 0.6) is 5.75 Å². The van der Waals surface area contributed by atoms with Gasteiger partial charge >= 0.3 is 0 Å². The van der Waals surface area contributed by atoms with Crippen LogP contribution < -0.4 is 5.73 Å². The SMILES string of the molecule is NC(=O)C1=C(O)[C@@]2(O)C(=O)C3=C(O)c4c(O)cc(CN5CCC(c6ccccc6)CC5)c(Cl)c4C[C@H]3C[C@H]2CC1=O. The highest BCUT2D eigenvalue weighted by Crippen LogP contribution is 2.53. The Hall–Kier alpha value is -3.66. The van der Waals surface area contributed by atoms with Crippen molar-refractivity contribution >= 4 is 34.8 Å². The molecule has 0 bridgehead atoms. The number of piperidine rings is 1. The Morgan fingerprint density at radius 2 is 1.73 bits per heavy atom. The number of hydrogen-bond donors (Lipinski definition) is 5. The van der Waals surface area contributed by atoms with Crippen molar-refractivity contribution in [3.05, 3.63) is 80.6 Å². The summed E-state index contributed by atoms with van der Waals surface area (Å²) in [5.41, 5.74) is 4.20. The van der Waals surface area contributed by atoms with Crippen molar-refractivity contribution < 1.29 is 34.8 Å². The molecule has 0 aromatic heterocycles. The summed E-state index contributed by atoms with van der Waals surface area (Å²) in [5, 5.41) is 44.7. The first-order chi connectivity index (χ1) is 19.5. The molecule has 6 rings (SSSR count). The maximum Gasteiger partial charge on any atom is 0.255 e. The second kappa shape index (κ2) is 10.0. The minimum absolute atomic E-state index is 0.00802. The Kier molecular flexibility index (Phi) is 6.71. The van der Waals surface area contributed by atoms with Crippen LogP contribution in [0.2, 0.25) is 5.02 Å². The molecule has 1 saturated heterocycles. The van der Waals surface area contributed by atoms with Crippen molar-refractivity contribution in [2.45, 2.75) is 50.2 Å². The number of rotatable bonds is 4. The quantitative estimate of drug-likeness (QED) is 0.345. The third-order valence-corrected chi connectivity index (χ3v) is 9.80. The van der Waals surface area contributed by atoms with E-state index in [1.54, 1.807) is 0 Å². The third-order valence-electron chi connectivity index (χ3n) is 9.32. The van der Waals surface area contributed by atoms with Crippen LogP contribution in [0.4, 0.5) is 0 Å². The molecular weight excluding hydrogens is 548 g/mol. The molecule has 0 spiro atoms. The van der Waals surface area contributed by atoms with Gasteiger partial charge in [0, 0.05) is 29.5 Å². The molecule has 1 heterocycles. The Balaban J connectivity index is 1.30. The summed E-state index contributed by atoms with van der Waals surface area (Å²) in [5.74, 6) is -6.04. The van der Waals surface area contributed by atoms with Crippen LogP contribution in [0.1, 0.15) is 53.9 Å². The molecule has 2 aromatic carbocycles. The van der Waals surface area contributed by atoms with Crippen LogP contribution in [0.3, 0.4) is 0 Å². The zero-order valence-electron chi connectivity index (χ0n) is 22.3. The fourth-order valence-electron chi connectivity index (χ4n) is 7.23. The van der Waals surface area contributed by atoms with Gasteiger partial charge in [0.1, 0.15) is 22.8 Å². The molecule has 4 aliphatic rings. The molecule has 6 N–H and O–H groups in total. The molecule has 0 radical (unpaired) electrons. The summed E-state index contributed by atoms with van der Waals surface area (Å²) in [6.07, 6.45) is 1.89. The molecule has 10 heteroatoms. The van der Waals surface area contributed by atoms with E-state index in [0.29, 0.717) is 28.6 Å². The lowest BCUT2D eigenvalue weighted by atomic mass is 9.59. The van der Waals surface area contributed by atoms with E-state index in [9.17, 15) is 34.8 Å². The van der Waals surface area contributed by atoms with E-state index in [1.165, 1.54) is 11.6 Å². The summed E-state index contributed by atoms with van der Waals surface area (Å²) in [4.78, 5) is 40.2. The zero-order chi connectivity index (χ0) is 29.2. The van der Waals surface area contributed by atoms with Crippen molar-refractivity contribution in [1.29, 1.82) is 0 Å². The summed E-state index contributed by atoms with van der Waals surface area (Å²) < 4.78 is 0. The third kappa shape index (κ3) is 4.26. The molecule has 1 amide bonds. The first-order valence-corrected chi connectivity index (χ1v) is 14.2. The number of nitrogens with two attached hydrogens (primary N) is 1. The number of hydrogen-bond acceptors (Lipinski definition) is 8. The van der Waals surface area contributed by atoms with Gasteiger partial charge in [0.2, 0.25) is 5.78 Å². The van der Waals surface area contributed by atoms with Crippen LogP contribution in [0.25, 0.3) is 5.76 Å². The van der Waals surface area contributed by atoms with Gasteiger partial charge in [0.05, 0.1) is 5.56 Å². The fraction of sp³-hybridized carbons (Fsp3) is 0.387. The van der Waals surface area contributed by atoms with Gasteiger partial charge in [0.25, 0.3) is 5.91 Å². The molecule has 1 aliphatic heterocycles. The molecule has 0 unspecified atom stereocenters. The standard InChI is InChI=1S/C31H31ClN2O7/c32-26-18(14-34-8-6-16(7-9-34)15-4-2-1-3-5-15)12-21(35)24-20(26)11-17-10-19-13-22(36)25(30(33)40)29(39)31(19,41)28(38)23(17)27(24)37/h1-5,12,16-17,19,35,37,39,41H,6-11,13-14H2,(H2,33,40)/t17-,19+,31+/m1/s1. The smallest absolute Gasteiger partial charge is 0.255 e. The van der Waals surface area contributed by atoms with Crippen LogP contribution in [-0.2, 0) is 27.3 Å². The van der Waals surface area contributed by atoms with Gasteiger partial charge in [0.15, 0.2) is 11.4 Å². The van der Waals surface area contributed by atoms with Crippen molar-refractivity contribution in [2.24, 2.45) is 17.6 Å². The number of primary amides is 1. The number of ketones is 2. The van der Waals surface area contributed by atoms with E-state index in [1.807, 2.05) is 6.07 Å². The highest BCUT2D eigenvalue weighted by molar-refractivity contribution is 6.32. The number of nitrogens with zero attached hydrogens (tertiary/aromatic N) is 1. The van der Waals surface area contributed by atoms with Gasteiger partial charge in [-0.2, -0.15) is 0 Å². The average molecular weight is 579 g/mol. The number of carbonyl (C=O) groups is 3. The van der Waals surface area contributed by atoms with Gasteiger partial charge < -0.3 is 26.2 Å². The van der Waals surface area contributed by atoms with Gasteiger partial charge in [-0.05, 0) is 73.4 Å². The Morgan fingerprint density at radius 3 is 2.39 bits per heavy atom. The lowest BCUT2D eigenvalue weighted by Gasteiger charge is -2.46. The van der Waals surface area contributed by atoms with E-state index in [2.05, 4.69) is 29.2 Å². The molecule has 3 aliphatic carbocycles. The molecule has 2 aromatic rings. The number of aliphatic hydroxyl groups is 3. The van der Waals surface area contributed by atoms with E-state index < -0.39 is 52.0 Å². The highest BCUT2D eigenvalue weighted by Gasteiger charge is 2.60. The number of carbonyl (C=O) groups excluding carboxylic acids is 3. The first kappa shape index (κ1) is 27.5. The molecule has 1 saturated carbocycles. The lowest BCUT2D eigenvalue weighted by molar-refractivity contribution is -0.147. The van der Waals surface area contributed by atoms with Crippen LogP contribution in [0.15, 0.2) is 53.3 Å². The van der Waals surface area contributed by atoms with E-state index in [4.69, 9.17) is 17.3 Å². The predicted octanol–water partition coefficient (Wildman–Crippen LogP) is 3.46. The number of amides is 1. The Morgan fingerprint density at radius 1 is 1.05 bits per heavy atom. The van der Waals surface area contributed by atoms with Crippen molar-refractivity contribution in [2.75, 3.05) is 13.1 Å². The van der Waals surface area contributed by atoms with Crippen LogP contribution >= 0.6 is 11.6 Å². The number of phenols is 1. The maximum atomic E-state index is 13.6. The normalized spacial score (nSPS) is 27.0. The minimum Gasteiger partial charge on any atom is -0.508 e. The van der Waals surface area contributed by atoms with Crippen molar-refractivity contribution in [3.63, 3.8) is 0 Å². The Labute approximate surface area is 241 Å². The first-order valence-electron chi connectivity index (χ1n) is 13.8. The van der Waals surface area contributed by atoms with Crippen molar-refractivity contribution in [3.8, 4) is 5.75 Å². The summed E-state index contributed by atoms with van der Waals surface area (Å²) in [6, 6.07) is 11.9. The summed E-state index contributed by atoms with van der Waals surface area (Å²) in [7, 11) is 0.